The predicted molar refractivity (Wildman–Crippen MR) is 81.2 cm³/mol. The maximum Gasteiger partial charge on any atom is 0.311 e. The number of methoxy groups -OCH3 is 1. The number of carbonyl (C=O) groups is 1. The van der Waals surface area contributed by atoms with E-state index in [9.17, 15) is 4.79 Å². The van der Waals surface area contributed by atoms with Crippen LogP contribution in [0.5, 0.6) is 0 Å². The molecule has 1 heterocycles. The molecule has 1 N–H and O–H groups in total. The van der Waals surface area contributed by atoms with Gasteiger partial charge in [-0.1, -0.05) is 29.8 Å². The molecule has 106 valence electrons. The summed E-state index contributed by atoms with van der Waals surface area (Å²) in [5.74, 6) is -0.262. The fourth-order valence-electron chi connectivity index (χ4n) is 1.87. The largest absolute Gasteiger partial charge is 0.469 e. The summed E-state index contributed by atoms with van der Waals surface area (Å²) in [5.41, 5.74) is 3.33. The van der Waals surface area contributed by atoms with Crippen LogP contribution in [0.1, 0.15) is 16.8 Å². The van der Waals surface area contributed by atoms with Crippen LogP contribution >= 0.6 is 11.3 Å². The van der Waals surface area contributed by atoms with Gasteiger partial charge in [-0.2, -0.15) is 0 Å². The lowest BCUT2D eigenvalue weighted by Gasteiger charge is -2.04. The Morgan fingerprint density at radius 3 is 3.05 bits per heavy atom. The van der Waals surface area contributed by atoms with E-state index in [1.54, 1.807) is 0 Å². The number of esters is 1. The van der Waals surface area contributed by atoms with E-state index in [-0.39, 0.29) is 12.4 Å². The third kappa shape index (κ3) is 4.35. The molecule has 0 bridgehead atoms. The van der Waals surface area contributed by atoms with Crippen LogP contribution in [0.15, 0.2) is 29.6 Å². The number of rotatable bonds is 6. The van der Waals surface area contributed by atoms with Gasteiger partial charge in [0.1, 0.15) is 0 Å². The number of nitrogens with one attached hydrogen (secondary N) is 1. The number of aromatic nitrogens is 1. The molecule has 0 aliphatic heterocycles. The van der Waals surface area contributed by atoms with Crippen molar-refractivity contribution < 1.29 is 9.53 Å². The van der Waals surface area contributed by atoms with Crippen LogP contribution < -0.4 is 5.32 Å². The molecule has 0 amide bonds. The minimum Gasteiger partial charge on any atom is -0.469 e. The fourth-order valence-corrected chi connectivity index (χ4v) is 2.61. The highest BCUT2D eigenvalue weighted by atomic mass is 32.1. The molecule has 0 fully saturated rings. The second kappa shape index (κ2) is 7.05. The third-order valence-electron chi connectivity index (χ3n) is 2.88. The Labute approximate surface area is 122 Å². The van der Waals surface area contributed by atoms with Crippen molar-refractivity contribution in [2.45, 2.75) is 19.8 Å². The first kappa shape index (κ1) is 14.5. The van der Waals surface area contributed by atoms with Crippen LogP contribution in [-0.4, -0.2) is 24.6 Å². The summed E-state index contributed by atoms with van der Waals surface area (Å²) < 4.78 is 4.62. The number of carbonyl (C=O) groups excluding carboxylic acids is 1. The van der Waals surface area contributed by atoms with E-state index in [1.807, 2.05) is 5.38 Å². The number of hydrogen-bond donors (Lipinski definition) is 1. The summed E-state index contributed by atoms with van der Waals surface area (Å²) in [5, 5.41) is 6.00. The van der Waals surface area contributed by atoms with Gasteiger partial charge in [0.2, 0.25) is 0 Å². The van der Waals surface area contributed by atoms with Crippen LogP contribution in [0.2, 0.25) is 0 Å². The Bertz CT molecular complexity index is 581. The normalized spacial score (nSPS) is 10.3. The zero-order valence-corrected chi connectivity index (χ0v) is 12.5. The summed E-state index contributed by atoms with van der Waals surface area (Å²) in [6.45, 7) is 2.92. The first-order valence-electron chi connectivity index (χ1n) is 6.48. The van der Waals surface area contributed by atoms with Gasteiger partial charge in [-0.05, 0) is 18.9 Å². The predicted octanol–water partition coefficient (Wildman–Crippen LogP) is 2.82. The van der Waals surface area contributed by atoms with Crippen LogP contribution in [-0.2, 0) is 22.4 Å². The van der Waals surface area contributed by atoms with E-state index in [1.165, 1.54) is 29.6 Å². The lowest BCUT2D eigenvalue weighted by atomic mass is 10.1. The van der Waals surface area contributed by atoms with Crippen molar-refractivity contribution in [3.8, 4) is 0 Å². The van der Waals surface area contributed by atoms with E-state index in [0.29, 0.717) is 0 Å². The number of thiazole rings is 1. The van der Waals surface area contributed by atoms with Crippen molar-refractivity contribution in [3.05, 3.63) is 46.5 Å². The smallest absolute Gasteiger partial charge is 0.311 e. The van der Waals surface area contributed by atoms with Gasteiger partial charge in [-0.3, -0.25) is 4.79 Å². The molecule has 0 saturated carbocycles. The van der Waals surface area contributed by atoms with E-state index in [4.69, 9.17) is 0 Å². The molecule has 5 heteroatoms. The number of ether oxygens (including phenoxy) is 1. The van der Waals surface area contributed by atoms with Crippen molar-refractivity contribution in [1.82, 2.24) is 4.98 Å². The van der Waals surface area contributed by atoms with E-state index >= 15 is 0 Å². The molecule has 1 aromatic carbocycles. The van der Waals surface area contributed by atoms with Crippen molar-refractivity contribution in [2.75, 3.05) is 19.0 Å². The minimum atomic E-state index is -0.262. The molecule has 4 nitrogen and oxygen atoms in total. The van der Waals surface area contributed by atoms with Crippen LogP contribution in [0.3, 0.4) is 0 Å². The molecule has 20 heavy (non-hydrogen) atoms. The Balaban J connectivity index is 1.81. The molecule has 0 unspecified atom stereocenters. The lowest BCUT2D eigenvalue weighted by molar-refractivity contribution is -0.139. The third-order valence-corrected chi connectivity index (χ3v) is 3.73. The highest BCUT2D eigenvalue weighted by Crippen LogP contribution is 2.16. The van der Waals surface area contributed by atoms with Gasteiger partial charge in [0.25, 0.3) is 0 Å². The number of hydrogen-bond acceptors (Lipinski definition) is 5. The maximum atomic E-state index is 11.1. The van der Waals surface area contributed by atoms with Crippen LogP contribution in [0.4, 0.5) is 5.13 Å². The van der Waals surface area contributed by atoms with Gasteiger partial charge < -0.3 is 10.1 Å². The average molecular weight is 290 g/mol. The number of anilines is 1. The molecular weight excluding hydrogens is 272 g/mol. The molecule has 2 rings (SSSR count). The van der Waals surface area contributed by atoms with Gasteiger partial charge in [-0.15, -0.1) is 11.3 Å². The van der Waals surface area contributed by atoms with E-state index < -0.39 is 0 Å². The zero-order valence-electron chi connectivity index (χ0n) is 11.7. The molecule has 0 aliphatic rings. The van der Waals surface area contributed by atoms with Crippen molar-refractivity contribution in [3.63, 3.8) is 0 Å². The van der Waals surface area contributed by atoms with Crippen molar-refractivity contribution in [2.24, 2.45) is 0 Å². The Hall–Kier alpha value is -1.88. The first-order chi connectivity index (χ1) is 9.67. The highest BCUT2D eigenvalue weighted by Gasteiger charge is 2.07. The van der Waals surface area contributed by atoms with Crippen LogP contribution in [0, 0.1) is 6.92 Å². The number of aryl methyl sites for hydroxylation is 1. The molecule has 2 aromatic rings. The molecule has 1 aromatic heterocycles. The zero-order chi connectivity index (χ0) is 14.4. The Morgan fingerprint density at radius 2 is 2.30 bits per heavy atom. The summed E-state index contributed by atoms with van der Waals surface area (Å²) in [6.07, 6.45) is 1.18. The molecule has 0 aliphatic carbocycles. The van der Waals surface area contributed by atoms with E-state index in [2.05, 4.69) is 46.2 Å². The van der Waals surface area contributed by atoms with E-state index in [0.717, 1.165) is 23.8 Å². The average Bonchev–Trinajstić information content (AvgIpc) is 2.86. The number of benzene rings is 1. The highest BCUT2D eigenvalue weighted by molar-refractivity contribution is 7.13. The van der Waals surface area contributed by atoms with Gasteiger partial charge in [0.05, 0.1) is 19.2 Å². The molecule has 0 radical (unpaired) electrons. The molecule has 0 spiro atoms. The van der Waals surface area contributed by atoms with Gasteiger partial charge in [0, 0.05) is 11.9 Å². The van der Waals surface area contributed by atoms with Crippen molar-refractivity contribution in [1.29, 1.82) is 0 Å². The van der Waals surface area contributed by atoms with Crippen molar-refractivity contribution >= 4 is 22.4 Å². The summed E-state index contributed by atoms with van der Waals surface area (Å²) >= 11 is 1.51. The Morgan fingerprint density at radius 1 is 1.45 bits per heavy atom. The topological polar surface area (TPSA) is 51.2 Å². The first-order valence-corrected chi connectivity index (χ1v) is 7.36. The second-order valence-electron chi connectivity index (χ2n) is 4.56. The minimum absolute atomic E-state index is 0.229. The van der Waals surface area contributed by atoms with Gasteiger partial charge in [0.15, 0.2) is 5.13 Å². The quantitative estimate of drug-likeness (QED) is 0.831. The second-order valence-corrected chi connectivity index (χ2v) is 5.42. The standard InChI is InChI=1S/C15H18N2O2S/c1-11-4-3-5-12(8-11)6-7-16-15-17-13(10-20-15)9-14(18)19-2/h3-5,8,10H,6-7,9H2,1-2H3,(H,16,17). The summed E-state index contributed by atoms with van der Waals surface area (Å²) in [6, 6.07) is 8.48. The summed E-state index contributed by atoms with van der Waals surface area (Å²) in [7, 11) is 1.38. The monoisotopic (exact) mass is 290 g/mol. The molecule has 0 atom stereocenters. The molecular formula is C15H18N2O2S. The fraction of sp³-hybridized carbons (Fsp3) is 0.333. The SMILES string of the molecule is COC(=O)Cc1csc(NCCc2cccc(C)c2)n1. The maximum absolute atomic E-state index is 11.1. The lowest BCUT2D eigenvalue weighted by Crippen LogP contribution is -2.06. The molecule has 0 saturated heterocycles. The Kier molecular flexibility index (Phi) is 5.12. The number of nitrogens with zero attached hydrogens (tertiary/aromatic N) is 1. The van der Waals surface area contributed by atoms with Crippen LogP contribution in [0.25, 0.3) is 0 Å². The summed E-state index contributed by atoms with van der Waals surface area (Å²) in [4.78, 5) is 15.5. The van der Waals surface area contributed by atoms with Gasteiger partial charge >= 0.3 is 5.97 Å². The van der Waals surface area contributed by atoms with Gasteiger partial charge in [-0.25, -0.2) is 4.98 Å².